The van der Waals surface area contributed by atoms with E-state index in [2.05, 4.69) is 41.1 Å². The number of likely N-dealkylation sites (N-methyl/N-ethyl adjacent to an activating group) is 1. The van der Waals surface area contributed by atoms with Crippen molar-refractivity contribution < 1.29 is 18.0 Å². The van der Waals surface area contributed by atoms with Gasteiger partial charge in [0.2, 0.25) is 0 Å². The summed E-state index contributed by atoms with van der Waals surface area (Å²) >= 11 is 0. The molecule has 4 rings (SSSR count). The first-order valence-electron chi connectivity index (χ1n) is 10.3. The Hall–Kier alpha value is -3.63. The number of anilines is 2. The molecule has 0 bridgehead atoms. The van der Waals surface area contributed by atoms with Gasteiger partial charge in [-0.15, -0.1) is 0 Å². The number of furan rings is 1. The van der Waals surface area contributed by atoms with Gasteiger partial charge >= 0.3 is 0 Å². The summed E-state index contributed by atoms with van der Waals surface area (Å²) in [6.45, 7) is 1.99. The summed E-state index contributed by atoms with van der Waals surface area (Å²) in [4.78, 5) is 17.1. The predicted octanol–water partition coefficient (Wildman–Crippen LogP) is 4.35. The maximum absolute atomic E-state index is 13.7. The molecule has 1 aliphatic heterocycles. The molecule has 2 heterocycles. The number of amides is 1. The normalized spacial score (nSPS) is 15.5. The van der Waals surface area contributed by atoms with E-state index in [1.807, 2.05) is 24.3 Å². The maximum Gasteiger partial charge on any atom is 0.291 e. The van der Waals surface area contributed by atoms with Crippen LogP contribution in [0.2, 0.25) is 0 Å². The first kappa shape index (κ1) is 21.6. The largest absolute Gasteiger partial charge is 0.443 e. The molecular formula is C25H23F2N3O2. The summed E-state index contributed by atoms with van der Waals surface area (Å²) < 4.78 is 32.1. The highest BCUT2D eigenvalue weighted by molar-refractivity contribution is 6.02. The average molecular weight is 435 g/mol. The Morgan fingerprint density at radius 1 is 1.09 bits per heavy atom. The van der Waals surface area contributed by atoms with E-state index in [4.69, 9.17) is 4.42 Å². The van der Waals surface area contributed by atoms with Crippen LogP contribution >= 0.6 is 0 Å². The minimum atomic E-state index is -0.753. The zero-order valence-electron chi connectivity index (χ0n) is 17.9. The predicted molar refractivity (Wildman–Crippen MR) is 120 cm³/mol. The maximum atomic E-state index is 13.7. The fourth-order valence-electron chi connectivity index (χ4n) is 3.59. The fourth-order valence-corrected chi connectivity index (χ4v) is 3.59. The Morgan fingerprint density at radius 2 is 1.88 bits per heavy atom. The minimum Gasteiger partial charge on any atom is -0.443 e. The second-order valence-corrected chi connectivity index (χ2v) is 7.89. The summed E-state index contributed by atoms with van der Waals surface area (Å²) in [6, 6.07) is 14.4. The van der Waals surface area contributed by atoms with Crippen molar-refractivity contribution in [2.45, 2.75) is 12.5 Å². The quantitative estimate of drug-likeness (QED) is 0.619. The monoisotopic (exact) mass is 435 g/mol. The van der Waals surface area contributed by atoms with E-state index in [9.17, 15) is 13.6 Å². The molecule has 1 amide bonds. The third-order valence-electron chi connectivity index (χ3n) is 5.47. The lowest BCUT2D eigenvalue weighted by molar-refractivity contribution is 0.0996. The Labute approximate surface area is 185 Å². The van der Waals surface area contributed by atoms with Gasteiger partial charge < -0.3 is 19.5 Å². The summed E-state index contributed by atoms with van der Waals surface area (Å²) in [5, 5.41) is 2.80. The van der Waals surface area contributed by atoms with Gasteiger partial charge in [0.05, 0.1) is 5.56 Å². The van der Waals surface area contributed by atoms with Crippen molar-refractivity contribution in [3.63, 3.8) is 0 Å². The van der Waals surface area contributed by atoms with E-state index < -0.39 is 17.5 Å². The second-order valence-electron chi connectivity index (χ2n) is 7.89. The minimum absolute atomic E-state index is 0.0452. The van der Waals surface area contributed by atoms with Gasteiger partial charge in [-0.1, -0.05) is 5.92 Å². The molecule has 1 unspecified atom stereocenters. The third-order valence-corrected chi connectivity index (χ3v) is 5.47. The average Bonchev–Trinajstić information content (AvgIpc) is 3.44. The van der Waals surface area contributed by atoms with Crippen molar-refractivity contribution in [3.05, 3.63) is 83.3 Å². The Kier molecular flexibility index (Phi) is 6.24. The van der Waals surface area contributed by atoms with Gasteiger partial charge in [-0.3, -0.25) is 4.79 Å². The number of hydrogen-bond acceptors (Lipinski definition) is 4. The molecule has 0 saturated carbocycles. The highest BCUT2D eigenvalue weighted by Crippen LogP contribution is 2.24. The molecule has 1 aliphatic rings. The third kappa shape index (κ3) is 4.98. The van der Waals surface area contributed by atoms with E-state index in [0.717, 1.165) is 37.3 Å². The molecule has 3 aromatic rings. The highest BCUT2D eigenvalue weighted by atomic mass is 19.1. The number of nitrogens with one attached hydrogen (secondary N) is 1. The molecule has 1 N–H and O–H groups in total. The number of hydrogen-bond donors (Lipinski definition) is 1. The molecule has 5 nitrogen and oxygen atoms in total. The van der Waals surface area contributed by atoms with Crippen LogP contribution in [0.3, 0.4) is 0 Å². The van der Waals surface area contributed by atoms with E-state index >= 15 is 0 Å². The summed E-state index contributed by atoms with van der Waals surface area (Å²) in [5.74, 6) is 3.68. The molecule has 2 aromatic carbocycles. The van der Waals surface area contributed by atoms with E-state index in [0.29, 0.717) is 11.7 Å². The molecule has 7 heteroatoms. The van der Waals surface area contributed by atoms with E-state index in [1.165, 1.54) is 18.2 Å². The number of halogens is 2. The molecule has 0 spiro atoms. The SMILES string of the molecule is CN(C)C1CCN(c2ccc(NC(=O)c3ccc(C#Cc4ccc(F)cc4F)o3)cc2)C1. The van der Waals surface area contributed by atoms with Crippen molar-refractivity contribution in [1.82, 2.24) is 4.90 Å². The molecule has 32 heavy (non-hydrogen) atoms. The van der Waals surface area contributed by atoms with Crippen molar-refractivity contribution in [1.29, 1.82) is 0 Å². The zero-order chi connectivity index (χ0) is 22.7. The van der Waals surface area contributed by atoms with Crippen LogP contribution in [0.5, 0.6) is 0 Å². The van der Waals surface area contributed by atoms with Crippen LogP contribution in [-0.4, -0.2) is 44.0 Å². The molecule has 1 atom stereocenters. The molecule has 0 aliphatic carbocycles. The van der Waals surface area contributed by atoms with Crippen LogP contribution in [0.4, 0.5) is 20.2 Å². The molecule has 164 valence electrons. The molecular weight excluding hydrogens is 412 g/mol. The Morgan fingerprint density at radius 3 is 2.56 bits per heavy atom. The lowest BCUT2D eigenvalue weighted by Gasteiger charge is -2.22. The number of rotatable bonds is 4. The Balaban J connectivity index is 1.38. The van der Waals surface area contributed by atoms with Crippen LogP contribution in [0.15, 0.2) is 59.0 Å². The molecule has 1 aromatic heterocycles. The van der Waals surface area contributed by atoms with Crippen LogP contribution < -0.4 is 10.2 Å². The first-order chi connectivity index (χ1) is 15.4. The zero-order valence-corrected chi connectivity index (χ0v) is 17.9. The number of nitrogens with zero attached hydrogens (tertiary/aromatic N) is 2. The van der Waals surface area contributed by atoms with Crippen LogP contribution in [0.1, 0.15) is 28.3 Å². The van der Waals surface area contributed by atoms with Gasteiger partial charge in [-0.2, -0.15) is 0 Å². The molecule has 1 fully saturated rings. The van der Waals surface area contributed by atoms with Crippen molar-refractivity contribution in [2.24, 2.45) is 0 Å². The smallest absolute Gasteiger partial charge is 0.291 e. The van der Waals surface area contributed by atoms with Crippen molar-refractivity contribution in [2.75, 3.05) is 37.4 Å². The van der Waals surface area contributed by atoms with Gasteiger partial charge in [0, 0.05) is 36.6 Å². The Bertz CT molecular complexity index is 1180. The van der Waals surface area contributed by atoms with Crippen LogP contribution in [0, 0.1) is 23.5 Å². The van der Waals surface area contributed by atoms with E-state index in [1.54, 1.807) is 0 Å². The van der Waals surface area contributed by atoms with Crippen molar-refractivity contribution in [3.8, 4) is 11.8 Å². The lowest BCUT2D eigenvalue weighted by Crippen LogP contribution is -2.31. The lowest BCUT2D eigenvalue weighted by atomic mass is 10.2. The summed E-state index contributed by atoms with van der Waals surface area (Å²) in [7, 11) is 4.19. The number of benzene rings is 2. The second kappa shape index (κ2) is 9.25. The van der Waals surface area contributed by atoms with Gasteiger partial charge in [-0.05, 0) is 75.0 Å². The number of carbonyl (C=O) groups excluding carboxylic acids is 1. The molecule has 1 saturated heterocycles. The van der Waals surface area contributed by atoms with Gasteiger partial charge in [0.1, 0.15) is 11.6 Å². The standard InChI is InChI=1S/C25H23F2N3O2/c1-29(2)21-13-14-30(16-21)20-8-6-19(7-9-20)28-25(31)24-12-11-22(32-24)10-4-17-3-5-18(26)15-23(17)27/h3,5-9,11-12,15,21H,13-14,16H2,1-2H3,(H,28,31). The van der Waals surface area contributed by atoms with Crippen molar-refractivity contribution >= 4 is 17.3 Å². The van der Waals surface area contributed by atoms with Gasteiger partial charge in [0.15, 0.2) is 11.5 Å². The topological polar surface area (TPSA) is 48.7 Å². The number of carbonyl (C=O) groups is 1. The van der Waals surface area contributed by atoms with Crippen LogP contribution in [0.25, 0.3) is 0 Å². The fraction of sp³-hybridized carbons (Fsp3) is 0.240. The van der Waals surface area contributed by atoms with Gasteiger partial charge in [0.25, 0.3) is 5.91 Å². The summed E-state index contributed by atoms with van der Waals surface area (Å²) in [6.07, 6.45) is 1.13. The van der Waals surface area contributed by atoms with Gasteiger partial charge in [-0.25, -0.2) is 8.78 Å². The van der Waals surface area contributed by atoms with E-state index in [-0.39, 0.29) is 17.1 Å². The van der Waals surface area contributed by atoms with Crippen LogP contribution in [-0.2, 0) is 0 Å². The highest BCUT2D eigenvalue weighted by Gasteiger charge is 2.24. The summed E-state index contributed by atoms with van der Waals surface area (Å²) in [5.41, 5.74) is 1.82. The first-order valence-corrected chi connectivity index (χ1v) is 10.3. The molecule has 0 radical (unpaired) electrons.